The monoisotopic (exact) mass is 471 g/mol. The number of carbonyl (C=O) groups is 2. The molecule has 2 unspecified atom stereocenters. The first kappa shape index (κ1) is 22.3. The summed E-state index contributed by atoms with van der Waals surface area (Å²) in [6.07, 6.45) is 6.50. The zero-order chi connectivity index (χ0) is 23.5. The molecule has 0 aromatic heterocycles. The van der Waals surface area contributed by atoms with E-state index in [9.17, 15) is 9.59 Å². The maximum Gasteiger partial charge on any atom is 0.332 e. The second-order valence-electron chi connectivity index (χ2n) is 8.33. The molecule has 0 N–H and O–H groups in total. The predicted molar refractivity (Wildman–Crippen MR) is 135 cm³/mol. The largest absolute Gasteiger partial charge is 0.463 e. The lowest BCUT2D eigenvalue weighted by Gasteiger charge is -2.30. The first-order valence-corrected chi connectivity index (χ1v) is 12.3. The van der Waals surface area contributed by atoms with Crippen LogP contribution in [0.3, 0.4) is 0 Å². The van der Waals surface area contributed by atoms with Gasteiger partial charge in [-0.05, 0) is 60.7 Å². The summed E-state index contributed by atoms with van der Waals surface area (Å²) in [7, 11) is 0. The van der Waals surface area contributed by atoms with Gasteiger partial charge in [0.15, 0.2) is 5.17 Å². The number of fused-ring (bicyclic) bond motifs is 1. The molecular formula is C27H25N3O3S. The molecule has 172 valence electrons. The number of amides is 1. The first-order valence-electron chi connectivity index (χ1n) is 11.5. The van der Waals surface area contributed by atoms with Crippen LogP contribution < -0.4 is 0 Å². The highest BCUT2D eigenvalue weighted by atomic mass is 32.2. The molecule has 0 bridgehead atoms. The lowest BCUT2D eigenvalue weighted by Crippen LogP contribution is -2.30. The van der Waals surface area contributed by atoms with E-state index < -0.39 is 11.9 Å². The third kappa shape index (κ3) is 4.48. The Labute approximate surface area is 203 Å². The highest BCUT2D eigenvalue weighted by Gasteiger charge is 2.44. The minimum atomic E-state index is -0.538. The Morgan fingerprint density at radius 2 is 1.88 bits per heavy atom. The summed E-state index contributed by atoms with van der Waals surface area (Å²) in [5.41, 5.74) is 4.56. The van der Waals surface area contributed by atoms with Crippen LogP contribution in [-0.2, 0) is 14.3 Å². The molecular weight excluding hydrogens is 446 g/mol. The molecule has 5 rings (SSSR count). The fourth-order valence-corrected chi connectivity index (χ4v) is 5.54. The Morgan fingerprint density at radius 1 is 1.15 bits per heavy atom. The van der Waals surface area contributed by atoms with Crippen molar-refractivity contribution in [2.75, 3.05) is 6.61 Å². The fourth-order valence-electron chi connectivity index (χ4n) is 4.68. The van der Waals surface area contributed by atoms with E-state index in [0.29, 0.717) is 5.17 Å². The van der Waals surface area contributed by atoms with Gasteiger partial charge in [0.1, 0.15) is 0 Å². The van der Waals surface area contributed by atoms with E-state index >= 15 is 0 Å². The number of amidine groups is 1. The van der Waals surface area contributed by atoms with Gasteiger partial charge in [0, 0.05) is 12.0 Å². The molecule has 34 heavy (non-hydrogen) atoms. The molecule has 1 aliphatic carbocycles. The van der Waals surface area contributed by atoms with Crippen molar-refractivity contribution < 1.29 is 14.3 Å². The van der Waals surface area contributed by atoms with Crippen LogP contribution in [0.4, 0.5) is 0 Å². The van der Waals surface area contributed by atoms with Gasteiger partial charge in [-0.15, -0.1) is 0 Å². The van der Waals surface area contributed by atoms with Crippen molar-refractivity contribution >= 4 is 40.6 Å². The normalized spacial score (nSPS) is 24.3. The number of nitrogens with zero attached hydrogens (tertiary/aromatic N) is 3. The predicted octanol–water partition coefficient (Wildman–Crippen LogP) is 5.36. The Balaban J connectivity index is 1.52. The Bertz CT molecular complexity index is 1220. The third-order valence-electron chi connectivity index (χ3n) is 6.12. The molecule has 0 spiro atoms. The Hall–Kier alpha value is -3.45. The smallest absolute Gasteiger partial charge is 0.332 e. The van der Waals surface area contributed by atoms with Crippen molar-refractivity contribution in [3.05, 3.63) is 88.3 Å². The van der Waals surface area contributed by atoms with Crippen molar-refractivity contribution in [1.82, 2.24) is 5.01 Å². The summed E-state index contributed by atoms with van der Waals surface area (Å²) >= 11 is 1.18. The van der Waals surface area contributed by atoms with E-state index in [1.807, 2.05) is 41.4 Å². The molecule has 0 radical (unpaired) electrons. The van der Waals surface area contributed by atoms with Crippen LogP contribution in [0.15, 0.2) is 87.3 Å². The van der Waals surface area contributed by atoms with Crippen molar-refractivity contribution in [1.29, 1.82) is 0 Å². The highest BCUT2D eigenvalue weighted by molar-refractivity contribution is 8.18. The van der Waals surface area contributed by atoms with Crippen LogP contribution in [0.5, 0.6) is 0 Å². The second kappa shape index (κ2) is 9.81. The topological polar surface area (TPSA) is 71.3 Å². The third-order valence-corrected chi connectivity index (χ3v) is 7.10. The first-order chi connectivity index (χ1) is 16.6. The number of esters is 1. The van der Waals surface area contributed by atoms with Crippen LogP contribution in [0.25, 0.3) is 6.08 Å². The summed E-state index contributed by atoms with van der Waals surface area (Å²) in [6.45, 7) is 1.98. The highest BCUT2D eigenvalue weighted by Crippen LogP contribution is 2.46. The van der Waals surface area contributed by atoms with Gasteiger partial charge in [-0.2, -0.15) is 10.1 Å². The standard InChI is InChI=1S/C27H25N3O3S/c1-2-33-23(31)17-22-26(32)28-27(34-22)30-25(19-12-7-4-8-13-19)21-15-9-14-20(24(21)29-30)16-18-10-5-3-6-11-18/h3-8,10-13,16-17,21,25H,2,9,14-15H2,1H3. The average molecular weight is 472 g/mol. The van der Waals surface area contributed by atoms with E-state index in [1.165, 1.54) is 23.4 Å². The quantitative estimate of drug-likeness (QED) is 0.443. The zero-order valence-electron chi connectivity index (χ0n) is 18.9. The number of ether oxygens (including phenoxy) is 1. The molecule has 1 fully saturated rings. The van der Waals surface area contributed by atoms with Crippen molar-refractivity contribution in [2.45, 2.75) is 32.2 Å². The zero-order valence-corrected chi connectivity index (χ0v) is 19.7. The Morgan fingerprint density at radius 3 is 2.62 bits per heavy atom. The van der Waals surface area contributed by atoms with Crippen LogP contribution in [-0.4, -0.2) is 34.4 Å². The SMILES string of the molecule is CCOC(=O)C=C1SC(N2N=C3C(=Cc4ccccc4)CCCC3C2c2ccccc2)=NC1=O. The minimum Gasteiger partial charge on any atom is -0.463 e. The van der Waals surface area contributed by atoms with Gasteiger partial charge < -0.3 is 4.74 Å². The van der Waals surface area contributed by atoms with Gasteiger partial charge >= 0.3 is 5.97 Å². The minimum absolute atomic E-state index is 0.0586. The van der Waals surface area contributed by atoms with Crippen LogP contribution in [0.1, 0.15) is 43.4 Å². The van der Waals surface area contributed by atoms with Crippen molar-refractivity contribution in [3.8, 4) is 0 Å². The van der Waals surface area contributed by atoms with Gasteiger partial charge in [0.05, 0.1) is 23.3 Å². The van der Waals surface area contributed by atoms with E-state index in [2.05, 4.69) is 35.3 Å². The number of hydrazone groups is 1. The number of allylic oxidation sites excluding steroid dienone is 1. The molecule has 0 saturated heterocycles. The number of benzene rings is 2. The number of aliphatic imine (C=N–C) groups is 1. The summed E-state index contributed by atoms with van der Waals surface area (Å²) in [4.78, 5) is 29.0. The van der Waals surface area contributed by atoms with Crippen molar-refractivity contribution in [2.24, 2.45) is 16.0 Å². The van der Waals surface area contributed by atoms with E-state index in [-0.39, 0.29) is 23.5 Å². The molecule has 6 nitrogen and oxygen atoms in total. The van der Waals surface area contributed by atoms with Crippen LogP contribution >= 0.6 is 11.8 Å². The summed E-state index contributed by atoms with van der Waals surface area (Å²) in [5.74, 6) is -0.776. The van der Waals surface area contributed by atoms with Crippen molar-refractivity contribution in [3.63, 3.8) is 0 Å². The second-order valence-corrected chi connectivity index (χ2v) is 9.34. The molecule has 7 heteroatoms. The van der Waals surface area contributed by atoms with Gasteiger partial charge in [0.25, 0.3) is 5.91 Å². The summed E-state index contributed by atoms with van der Waals surface area (Å²) < 4.78 is 4.97. The van der Waals surface area contributed by atoms with E-state index in [1.54, 1.807) is 6.92 Å². The number of hydrogen-bond acceptors (Lipinski definition) is 6. The van der Waals surface area contributed by atoms with Crippen LogP contribution in [0.2, 0.25) is 0 Å². The fraction of sp³-hybridized carbons (Fsp3) is 0.259. The van der Waals surface area contributed by atoms with Gasteiger partial charge in [0.2, 0.25) is 0 Å². The molecule has 2 aromatic carbocycles. The maximum absolute atomic E-state index is 12.6. The lowest BCUT2D eigenvalue weighted by molar-refractivity contribution is -0.137. The number of hydrogen-bond donors (Lipinski definition) is 0. The van der Waals surface area contributed by atoms with E-state index in [4.69, 9.17) is 9.84 Å². The summed E-state index contributed by atoms with van der Waals surface area (Å²) in [5, 5.41) is 7.42. The number of thioether (sulfide) groups is 1. The molecule has 2 aromatic rings. The molecule has 3 aliphatic rings. The molecule has 2 aliphatic heterocycles. The van der Waals surface area contributed by atoms with Gasteiger partial charge in [-0.1, -0.05) is 60.7 Å². The van der Waals surface area contributed by atoms with Gasteiger partial charge in [-0.25, -0.2) is 9.80 Å². The van der Waals surface area contributed by atoms with E-state index in [0.717, 1.165) is 36.1 Å². The average Bonchev–Trinajstić information content (AvgIpc) is 3.41. The maximum atomic E-state index is 12.6. The summed E-state index contributed by atoms with van der Waals surface area (Å²) in [6, 6.07) is 20.5. The molecule has 2 heterocycles. The molecule has 1 saturated carbocycles. The number of rotatable bonds is 4. The van der Waals surface area contributed by atoms with Gasteiger partial charge in [-0.3, -0.25) is 4.79 Å². The van der Waals surface area contributed by atoms with Crippen LogP contribution in [0, 0.1) is 5.92 Å². The lowest BCUT2D eigenvalue weighted by atomic mass is 9.77. The number of carbonyl (C=O) groups excluding carboxylic acids is 2. The Kier molecular flexibility index (Phi) is 6.45. The molecule has 2 atom stereocenters. The molecule has 1 amide bonds.